The molecule has 6 atom stereocenters. The molecule has 0 radical (unpaired) electrons. The van der Waals surface area contributed by atoms with Crippen LogP contribution >= 0.6 is 12.2 Å². The second-order valence-electron chi connectivity index (χ2n) is 9.06. The first-order valence-corrected chi connectivity index (χ1v) is 12.7. The summed E-state index contributed by atoms with van der Waals surface area (Å²) < 4.78 is 27.6. The van der Waals surface area contributed by atoms with Gasteiger partial charge in [-0.1, -0.05) is 6.07 Å². The van der Waals surface area contributed by atoms with Gasteiger partial charge in [0.2, 0.25) is 0 Å². The molecule has 2 fully saturated rings. The van der Waals surface area contributed by atoms with Crippen molar-refractivity contribution in [1.82, 2.24) is 15.2 Å². The Balaban J connectivity index is 1.92. The average molecular weight is 552 g/mol. The molecular formula is C25H33N3O9S. The van der Waals surface area contributed by atoms with Gasteiger partial charge in [-0.2, -0.15) is 0 Å². The van der Waals surface area contributed by atoms with E-state index < -0.39 is 54.5 Å². The molecule has 12 nitrogen and oxygen atoms in total. The van der Waals surface area contributed by atoms with Gasteiger partial charge in [0.1, 0.15) is 12.7 Å². The number of esters is 4. The van der Waals surface area contributed by atoms with Crippen LogP contribution in [0.2, 0.25) is 0 Å². The number of likely N-dealkylation sites (tertiary alicyclic amines) is 1. The number of piperidine rings is 1. The van der Waals surface area contributed by atoms with Gasteiger partial charge in [-0.25, -0.2) is 0 Å². The number of aromatic nitrogens is 1. The number of carbonyl (C=O) groups is 4. The monoisotopic (exact) mass is 551 g/mol. The Kier molecular flexibility index (Phi) is 10.4. The SMILES string of the molecule is CC(=O)OCC1O[C@@H](NC(=S)N2CCCCC2c2cccnc2)C(OC(C)=O)C(OC(C)=O)[C@@H]1OC(C)=O. The van der Waals surface area contributed by atoms with Gasteiger partial charge < -0.3 is 33.9 Å². The zero-order valence-electron chi connectivity index (χ0n) is 21.8. The van der Waals surface area contributed by atoms with Crippen LogP contribution in [0, 0.1) is 0 Å². The van der Waals surface area contributed by atoms with Gasteiger partial charge in [-0.15, -0.1) is 0 Å². The van der Waals surface area contributed by atoms with E-state index in [0.717, 1.165) is 24.8 Å². The normalized spacial score (nSPS) is 27.0. The molecule has 1 N–H and O–H groups in total. The molecule has 0 amide bonds. The molecular weight excluding hydrogens is 518 g/mol. The fourth-order valence-corrected chi connectivity index (χ4v) is 4.98. The van der Waals surface area contributed by atoms with Crippen molar-refractivity contribution in [2.75, 3.05) is 13.2 Å². The van der Waals surface area contributed by atoms with E-state index in [1.165, 1.54) is 27.7 Å². The van der Waals surface area contributed by atoms with Crippen molar-refractivity contribution in [3.05, 3.63) is 30.1 Å². The number of nitrogens with one attached hydrogen (secondary N) is 1. The Labute approximate surface area is 226 Å². The van der Waals surface area contributed by atoms with E-state index in [4.69, 9.17) is 35.9 Å². The molecule has 38 heavy (non-hydrogen) atoms. The maximum absolute atomic E-state index is 12.1. The average Bonchev–Trinajstić information content (AvgIpc) is 2.86. The van der Waals surface area contributed by atoms with Crippen LogP contribution in [0.1, 0.15) is 58.6 Å². The first kappa shape index (κ1) is 29.2. The number of nitrogens with zero attached hydrogens (tertiary/aromatic N) is 2. The molecule has 2 aliphatic rings. The zero-order chi connectivity index (χ0) is 27.8. The number of rotatable bonds is 7. The van der Waals surface area contributed by atoms with E-state index in [-0.39, 0.29) is 12.6 Å². The van der Waals surface area contributed by atoms with Crippen molar-refractivity contribution in [2.45, 2.75) is 83.6 Å². The molecule has 0 aromatic carbocycles. The largest absolute Gasteiger partial charge is 0.463 e. The van der Waals surface area contributed by atoms with Crippen molar-refractivity contribution >= 4 is 41.2 Å². The Morgan fingerprint density at radius 2 is 1.66 bits per heavy atom. The summed E-state index contributed by atoms with van der Waals surface area (Å²) in [5, 5.41) is 3.42. The maximum Gasteiger partial charge on any atom is 0.303 e. The van der Waals surface area contributed by atoms with Crippen molar-refractivity contribution in [1.29, 1.82) is 0 Å². The topological polar surface area (TPSA) is 143 Å². The second kappa shape index (κ2) is 13.5. The third-order valence-corrected chi connectivity index (χ3v) is 6.44. The van der Waals surface area contributed by atoms with Gasteiger partial charge in [0, 0.05) is 46.6 Å². The van der Waals surface area contributed by atoms with E-state index >= 15 is 0 Å². The molecule has 0 aliphatic carbocycles. The van der Waals surface area contributed by atoms with Crippen LogP contribution in [0.15, 0.2) is 24.5 Å². The van der Waals surface area contributed by atoms with Crippen LogP contribution in [0.3, 0.4) is 0 Å². The summed E-state index contributed by atoms with van der Waals surface area (Å²) in [6, 6.07) is 3.80. The number of ether oxygens (including phenoxy) is 5. The van der Waals surface area contributed by atoms with Crippen molar-refractivity contribution in [2.24, 2.45) is 0 Å². The molecule has 3 rings (SSSR count). The molecule has 13 heteroatoms. The van der Waals surface area contributed by atoms with Crippen LogP contribution in [-0.4, -0.2) is 82.7 Å². The zero-order valence-corrected chi connectivity index (χ0v) is 22.6. The highest BCUT2D eigenvalue weighted by Gasteiger charge is 2.52. The number of hydrogen-bond acceptors (Lipinski definition) is 11. The fourth-order valence-electron chi connectivity index (χ4n) is 4.64. The summed E-state index contributed by atoms with van der Waals surface area (Å²) >= 11 is 5.76. The van der Waals surface area contributed by atoms with Crippen LogP contribution in [0.25, 0.3) is 0 Å². The number of pyridine rings is 1. The van der Waals surface area contributed by atoms with Gasteiger partial charge in [0.15, 0.2) is 29.7 Å². The summed E-state index contributed by atoms with van der Waals surface area (Å²) in [4.78, 5) is 53.8. The van der Waals surface area contributed by atoms with E-state index in [1.54, 1.807) is 12.4 Å². The lowest BCUT2D eigenvalue weighted by atomic mass is 9.96. The van der Waals surface area contributed by atoms with Crippen molar-refractivity contribution in [3.63, 3.8) is 0 Å². The van der Waals surface area contributed by atoms with E-state index in [0.29, 0.717) is 11.7 Å². The number of thiocarbonyl (C=S) groups is 1. The quantitative estimate of drug-likeness (QED) is 0.298. The predicted octanol–water partition coefficient (Wildman–Crippen LogP) is 1.57. The van der Waals surface area contributed by atoms with Crippen LogP contribution < -0.4 is 5.32 Å². The minimum Gasteiger partial charge on any atom is -0.463 e. The molecule has 1 aromatic heterocycles. The highest BCUT2D eigenvalue weighted by molar-refractivity contribution is 7.80. The van der Waals surface area contributed by atoms with Crippen LogP contribution in [-0.2, 0) is 42.9 Å². The molecule has 3 heterocycles. The minimum atomic E-state index is -1.27. The fraction of sp³-hybridized carbons (Fsp3) is 0.600. The minimum absolute atomic E-state index is 0.0388. The van der Waals surface area contributed by atoms with E-state index in [9.17, 15) is 19.2 Å². The van der Waals surface area contributed by atoms with Gasteiger partial charge in [-0.3, -0.25) is 24.2 Å². The highest BCUT2D eigenvalue weighted by atomic mass is 32.1. The lowest BCUT2D eigenvalue weighted by Crippen LogP contribution is -2.67. The number of carbonyl (C=O) groups excluding carboxylic acids is 4. The van der Waals surface area contributed by atoms with E-state index in [2.05, 4.69) is 10.3 Å². The summed E-state index contributed by atoms with van der Waals surface area (Å²) in [7, 11) is 0. The molecule has 2 saturated heterocycles. The van der Waals surface area contributed by atoms with Gasteiger partial charge in [-0.05, 0) is 43.1 Å². The summed E-state index contributed by atoms with van der Waals surface area (Å²) in [5.41, 5.74) is 0.998. The molecule has 1 aromatic rings. The third-order valence-electron chi connectivity index (χ3n) is 6.09. The standard InChI is InChI=1S/C25H33N3O9S/c1-14(29)33-13-20-21(34-15(2)30)22(35-16(3)31)23(36-17(4)32)24(37-20)27-25(38)28-11-6-5-9-19(28)18-8-7-10-26-12-18/h7-8,10,12,19-24H,5-6,9,11,13H2,1-4H3,(H,27,38)/t19?,20?,21-,22?,23?,24-/m1/s1. The van der Waals surface area contributed by atoms with Crippen LogP contribution in [0.5, 0.6) is 0 Å². The Bertz CT molecular complexity index is 1020. The first-order chi connectivity index (χ1) is 18.1. The van der Waals surface area contributed by atoms with Crippen molar-refractivity contribution in [3.8, 4) is 0 Å². The van der Waals surface area contributed by atoms with E-state index in [1.807, 2.05) is 17.0 Å². The Morgan fingerprint density at radius 3 is 2.26 bits per heavy atom. The molecule has 0 saturated carbocycles. The summed E-state index contributed by atoms with van der Waals surface area (Å²) in [5.74, 6) is -2.67. The van der Waals surface area contributed by atoms with Gasteiger partial charge in [0.05, 0.1) is 6.04 Å². The Hall–Kier alpha value is -3.32. The highest BCUT2D eigenvalue weighted by Crippen LogP contribution is 2.32. The smallest absolute Gasteiger partial charge is 0.303 e. The van der Waals surface area contributed by atoms with Gasteiger partial charge in [0.25, 0.3) is 0 Å². The lowest BCUT2D eigenvalue weighted by molar-refractivity contribution is -0.255. The molecule has 4 unspecified atom stereocenters. The third kappa shape index (κ3) is 7.84. The summed E-state index contributed by atoms with van der Waals surface area (Å²) in [6.45, 7) is 5.10. The second-order valence-corrected chi connectivity index (χ2v) is 9.45. The van der Waals surface area contributed by atoms with Gasteiger partial charge >= 0.3 is 23.9 Å². The molecule has 208 valence electrons. The summed E-state index contributed by atoms with van der Waals surface area (Å²) in [6.07, 6.45) is 0.338. The molecule has 0 spiro atoms. The Morgan fingerprint density at radius 1 is 1.00 bits per heavy atom. The van der Waals surface area contributed by atoms with Crippen LogP contribution in [0.4, 0.5) is 0 Å². The molecule has 0 bridgehead atoms. The predicted molar refractivity (Wildman–Crippen MR) is 135 cm³/mol. The molecule has 2 aliphatic heterocycles. The first-order valence-electron chi connectivity index (χ1n) is 12.3. The van der Waals surface area contributed by atoms with Crippen molar-refractivity contribution < 1.29 is 42.9 Å². The maximum atomic E-state index is 12.1. The number of hydrogen-bond donors (Lipinski definition) is 1. The lowest BCUT2D eigenvalue weighted by Gasteiger charge is -2.46.